The van der Waals surface area contributed by atoms with E-state index in [-0.39, 0.29) is 24.5 Å². The molecule has 1 heterocycles. The quantitative estimate of drug-likeness (QED) is 0.281. The molecule has 0 spiro atoms. The Labute approximate surface area is 234 Å². The van der Waals surface area contributed by atoms with Gasteiger partial charge in [-0.25, -0.2) is 0 Å². The smallest absolute Gasteiger partial charge is 0.227 e. The van der Waals surface area contributed by atoms with Gasteiger partial charge in [0.25, 0.3) is 0 Å². The van der Waals surface area contributed by atoms with Gasteiger partial charge in [-0.3, -0.25) is 9.59 Å². The van der Waals surface area contributed by atoms with Crippen LogP contribution < -0.4 is 9.64 Å². The molecule has 39 heavy (non-hydrogen) atoms. The number of carbonyl (C=O) groups excluding carboxylic acids is 2. The van der Waals surface area contributed by atoms with Crippen molar-refractivity contribution in [2.24, 2.45) is 0 Å². The van der Waals surface area contributed by atoms with Gasteiger partial charge in [0.1, 0.15) is 5.75 Å². The highest BCUT2D eigenvalue weighted by Gasteiger charge is 2.25. The van der Waals surface area contributed by atoms with Gasteiger partial charge in [-0.15, -0.1) is 0 Å². The van der Waals surface area contributed by atoms with Crippen molar-refractivity contribution in [3.8, 4) is 5.75 Å². The summed E-state index contributed by atoms with van der Waals surface area (Å²) in [5.74, 6) is 1.14. The van der Waals surface area contributed by atoms with Crippen molar-refractivity contribution in [2.75, 3.05) is 31.2 Å². The van der Waals surface area contributed by atoms with Gasteiger partial charge in [0.2, 0.25) is 11.8 Å². The zero-order valence-electron chi connectivity index (χ0n) is 23.5. The molecule has 1 aliphatic heterocycles. The van der Waals surface area contributed by atoms with Crippen LogP contribution >= 0.6 is 0 Å². The largest absolute Gasteiger partial charge is 0.494 e. The van der Waals surface area contributed by atoms with E-state index in [1.165, 1.54) is 43.2 Å². The lowest BCUT2D eigenvalue weighted by atomic mass is 9.94. The van der Waals surface area contributed by atoms with Crippen molar-refractivity contribution >= 4 is 17.5 Å². The van der Waals surface area contributed by atoms with Crippen LogP contribution in [-0.2, 0) is 22.4 Å². The number of anilines is 1. The number of carbonyl (C=O) groups is 2. The summed E-state index contributed by atoms with van der Waals surface area (Å²) in [6.07, 6.45) is 13.7. The lowest BCUT2D eigenvalue weighted by molar-refractivity contribution is -0.135. The Hall–Kier alpha value is -2.86. The van der Waals surface area contributed by atoms with Gasteiger partial charge in [-0.05, 0) is 74.3 Å². The standard InChI is InChI=1S/C33H46N2O4/c36-24-23-34(29-15-8-4-9-16-29)32(37)17-11-25-39-30-19-20-31-28(26-30)18-21-33(38)35(31)22-10-2-1-5-12-27-13-6-3-7-14-27/h3,6-7,13-14,19-20,26,29,36H,1-2,4-5,8-12,15-18,21-25H2. The van der Waals surface area contributed by atoms with E-state index < -0.39 is 0 Å². The molecule has 1 N–H and O–H groups in total. The average molecular weight is 535 g/mol. The maximum absolute atomic E-state index is 12.8. The molecule has 212 valence electrons. The fourth-order valence-electron chi connectivity index (χ4n) is 6.04. The third-order valence-corrected chi connectivity index (χ3v) is 8.17. The number of benzene rings is 2. The number of aliphatic hydroxyl groups excluding tert-OH is 1. The first-order valence-corrected chi connectivity index (χ1v) is 15.2. The van der Waals surface area contributed by atoms with Crippen LogP contribution in [0.5, 0.6) is 5.75 Å². The number of amides is 2. The van der Waals surface area contributed by atoms with Crippen molar-refractivity contribution in [2.45, 2.75) is 95.9 Å². The van der Waals surface area contributed by atoms with E-state index in [2.05, 4.69) is 36.4 Å². The molecule has 2 aromatic rings. The number of fused-ring (bicyclic) bond motifs is 1. The maximum atomic E-state index is 12.8. The number of aliphatic hydroxyl groups is 1. The number of hydrogen-bond donors (Lipinski definition) is 1. The van der Waals surface area contributed by atoms with Crippen LogP contribution in [0.1, 0.15) is 88.2 Å². The molecule has 0 unspecified atom stereocenters. The third-order valence-electron chi connectivity index (χ3n) is 8.17. The molecule has 6 heteroatoms. The van der Waals surface area contributed by atoms with Crippen LogP contribution in [0.25, 0.3) is 0 Å². The topological polar surface area (TPSA) is 70.1 Å². The maximum Gasteiger partial charge on any atom is 0.227 e. The number of hydrogen-bond acceptors (Lipinski definition) is 4. The summed E-state index contributed by atoms with van der Waals surface area (Å²) in [5, 5.41) is 9.45. The van der Waals surface area contributed by atoms with E-state index in [4.69, 9.17) is 4.74 Å². The van der Waals surface area contributed by atoms with Crippen molar-refractivity contribution in [3.63, 3.8) is 0 Å². The summed E-state index contributed by atoms with van der Waals surface area (Å²) in [6.45, 7) is 1.69. The zero-order valence-corrected chi connectivity index (χ0v) is 23.5. The van der Waals surface area contributed by atoms with E-state index in [1.807, 2.05) is 21.9 Å². The Bertz CT molecular complexity index is 1040. The van der Waals surface area contributed by atoms with Crippen molar-refractivity contribution in [1.29, 1.82) is 0 Å². The molecule has 2 aliphatic rings. The lowest BCUT2D eigenvalue weighted by Gasteiger charge is -2.34. The molecule has 2 amide bonds. The summed E-state index contributed by atoms with van der Waals surface area (Å²) >= 11 is 0. The van der Waals surface area contributed by atoms with Gasteiger partial charge in [0.05, 0.1) is 13.2 Å². The van der Waals surface area contributed by atoms with Gasteiger partial charge in [-0.1, -0.05) is 62.4 Å². The zero-order chi connectivity index (χ0) is 27.3. The normalized spacial score (nSPS) is 15.7. The van der Waals surface area contributed by atoms with Gasteiger partial charge < -0.3 is 19.6 Å². The molecule has 1 aliphatic carbocycles. The third kappa shape index (κ3) is 8.82. The van der Waals surface area contributed by atoms with Crippen LogP contribution in [0.2, 0.25) is 0 Å². The number of ether oxygens (including phenoxy) is 1. The minimum absolute atomic E-state index is 0.0155. The van der Waals surface area contributed by atoms with Crippen molar-refractivity contribution in [3.05, 3.63) is 59.7 Å². The molecular formula is C33H46N2O4. The van der Waals surface area contributed by atoms with E-state index in [0.717, 1.165) is 56.5 Å². The Balaban J connectivity index is 1.19. The van der Waals surface area contributed by atoms with Crippen molar-refractivity contribution in [1.82, 2.24) is 4.90 Å². The molecule has 6 nitrogen and oxygen atoms in total. The minimum atomic E-state index is 0.0155. The Morgan fingerprint density at radius 3 is 2.54 bits per heavy atom. The summed E-state index contributed by atoms with van der Waals surface area (Å²) in [5.41, 5.74) is 3.58. The molecule has 1 saturated carbocycles. The molecule has 1 fully saturated rings. The molecular weight excluding hydrogens is 488 g/mol. The van der Waals surface area contributed by atoms with Gasteiger partial charge in [0, 0.05) is 37.7 Å². The fraction of sp³-hybridized carbons (Fsp3) is 0.576. The SMILES string of the molecule is O=C1CCc2cc(OCCCC(=O)N(CCO)C3CCCCC3)ccc2N1CCCCCCc1ccccc1. The second-order valence-corrected chi connectivity index (χ2v) is 11.0. The first kappa shape index (κ1) is 29.1. The van der Waals surface area contributed by atoms with Crippen LogP contribution in [0.3, 0.4) is 0 Å². The Kier molecular flexibility index (Phi) is 11.7. The van der Waals surface area contributed by atoms with E-state index in [1.54, 1.807) is 0 Å². The van der Waals surface area contributed by atoms with Crippen LogP contribution in [0.15, 0.2) is 48.5 Å². The number of rotatable bonds is 15. The molecule has 0 bridgehead atoms. The average Bonchev–Trinajstić information content (AvgIpc) is 2.97. The van der Waals surface area contributed by atoms with Crippen molar-refractivity contribution < 1.29 is 19.4 Å². The highest BCUT2D eigenvalue weighted by atomic mass is 16.5. The molecule has 4 rings (SSSR count). The second-order valence-electron chi connectivity index (χ2n) is 11.0. The Morgan fingerprint density at radius 1 is 0.949 bits per heavy atom. The Morgan fingerprint density at radius 2 is 1.74 bits per heavy atom. The van der Waals surface area contributed by atoms with Gasteiger partial charge in [-0.2, -0.15) is 0 Å². The first-order chi connectivity index (χ1) is 19.2. The number of nitrogens with zero attached hydrogens (tertiary/aromatic N) is 2. The monoisotopic (exact) mass is 534 g/mol. The van der Waals surface area contributed by atoms with Gasteiger partial charge >= 0.3 is 0 Å². The van der Waals surface area contributed by atoms with E-state index >= 15 is 0 Å². The predicted octanol–water partition coefficient (Wildman–Crippen LogP) is 6.08. The summed E-state index contributed by atoms with van der Waals surface area (Å²) in [4.78, 5) is 29.4. The first-order valence-electron chi connectivity index (χ1n) is 15.2. The molecule has 0 aromatic heterocycles. The predicted molar refractivity (Wildman–Crippen MR) is 156 cm³/mol. The molecule has 0 saturated heterocycles. The second kappa shape index (κ2) is 15.7. The minimum Gasteiger partial charge on any atom is -0.494 e. The number of aryl methyl sites for hydroxylation is 2. The number of unbranched alkanes of at least 4 members (excludes halogenated alkanes) is 3. The molecule has 0 radical (unpaired) electrons. The molecule has 2 aromatic carbocycles. The lowest BCUT2D eigenvalue weighted by Crippen LogP contribution is -2.43. The van der Waals surface area contributed by atoms with Gasteiger partial charge in [0.15, 0.2) is 0 Å². The van der Waals surface area contributed by atoms with Crippen LogP contribution in [0.4, 0.5) is 5.69 Å². The highest BCUT2D eigenvalue weighted by Crippen LogP contribution is 2.32. The fourth-order valence-corrected chi connectivity index (χ4v) is 6.04. The van der Waals surface area contributed by atoms with Crippen LogP contribution in [0, 0.1) is 0 Å². The molecule has 0 atom stereocenters. The summed E-state index contributed by atoms with van der Waals surface area (Å²) < 4.78 is 6.01. The summed E-state index contributed by atoms with van der Waals surface area (Å²) in [6, 6.07) is 16.9. The van der Waals surface area contributed by atoms with Crippen LogP contribution in [-0.4, -0.2) is 54.2 Å². The van der Waals surface area contributed by atoms with E-state index in [9.17, 15) is 14.7 Å². The summed E-state index contributed by atoms with van der Waals surface area (Å²) in [7, 11) is 0. The van der Waals surface area contributed by atoms with E-state index in [0.29, 0.717) is 32.4 Å². The highest BCUT2D eigenvalue weighted by molar-refractivity contribution is 5.96.